The molecule has 1 fully saturated rings. The lowest BCUT2D eigenvalue weighted by Gasteiger charge is -2.18. The quantitative estimate of drug-likeness (QED) is 0.771. The summed E-state index contributed by atoms with van der Waals surface area (Å²) in [5.41, 5.74) is 0.161. The molecule has 1 saturated heterocycles. The van der Waals surface area contributed by atoms with E-state index in [1.54, 1.807) is 12.1 Å². The van der Waals surface area contributed by atoms with Gasteiger partial charge in [0.25, 0.3) is 0 Å². The van der Waals surface area contributed by atoms with Crippen molar-refractivity contribution in [3.05, 3.63) is 42.0 Å². The average Bonchev–Trinajstić information content (AvgIpc) is 3.14. The number of hydrogen-bond acceptors (Lipinski definition) is 6. The van der Waals surface area contributed by atoms with Gasteiger partial charge in [-0.1, -0.05) is 6.07 Å². The Bertz CT molecular complexity index is 908. The van der Waals surface area contributed by atoms with Gasteiger partial charge in [0.2, 0.25) is 5.91 Å². The van der Waals surface area contributed by atoms with Crippen molar-refractivity contribution in [1.82, 2.24) is 25.3 Å². The number of hydrogen-bond donors (Lipinski definition) is 1. The molecule has 122 valence electrons. The first-order valence-corrected chi connectivity index (χ1v) is 7.18. The zero-order chi connectivity index (χ0) is 16.7. The number of tetrazole rings is 1. The van der Waals surface area contributed by atoms with E-state index in [1.807, 2.05) is 0 Å². The third kappa shape index (κ3) is 2.41. The molecule has 2 aromatic heterocycles. The third-order valence-electron chi connectivity index (χ3n) is 3.75. The minimum atomic E-state index is -0.766. The molecule has 3 aromatic rings. The van der Waals surface area contributed by atoms with Gasteiger partial charge in [0, 0.05) is 13.0 Å². The van der Waals surface area contributed by atoms with Crippen LogP contribution in [0.5, 0.6) is 0 Å². The largest absolute Gasteiger partial charge is 0.364 e. The van der Waals surface area contributed by atoms with Crippen LogP contribution in [-0.2, 0) is 4.79 Å². The maximum Gasteiger partial charge on any atom is 0.229 e. The standard InChI is InChI=1S/C14H11F2N7O/c15-9-2-1-3-10(16)14(9)22-7-8(6-13(22)24)17-11-4-5-12-18-20-21-23(12)19-11/h1-5,8H,6-7H2,(H,17,19). The van der Waals surface area contributed by atoms with E-state index in [9.17, 15) is 13.6 Å². The number of rotatable bonds is 3. The number of nitrogens with one attached hydrogen (secondary N) is 1. The van der Waals surface area contributed by atoms with Crippen molar-refractivity contribution in [3.8, 4) is 0 Å². The Morgan fingerprint density at radius 1 is 1.17 bits per heavy atom. The van der Waals surface area contributed by atoms with Crippen LogP contribution >= 0.6 is 0 Å². The normalized spacial score (nSPS) is 17.7. The van der Waals surface area contributed by atoms with E-state index in [-0.39, 0.29) is 30.6 Å². The van der Waals surface area contributed by atoms with Gasteiger partial charge in [-0.25, -0.2) is 8.78 Å². The summed E-state index contributed by atoms with van der Waals surface area (Å²) in [4.78, 5) is 13.3. The lowest BCUT2D eigenvalue weighted by atomic mass is 10.2. The first-order valence-electron chi connectivity index (χ1n) is 7.18. The van der Waals surface area contributed by atoms with Crippen molar-refractivity contribution >= 4 is 23.1 Å². The highest BCUT2D eigenvalue weighted by molar-refractivity contribution is 5.96. The molecule has 0 saturated carbocycles. The highest BCUT2D eigenvalue weighted by Crippen LogP contribution is 2.28. The van der Waals surface area contributed by atoms with Crippen molar-refractivity contribution in [2.45, 2.75) is 12.5 Å². The molecule has 8 nitrogen and oxygen atoms in total. The van der Waals surface area contributed by atoms with Crippen LogP contribution < -0.4 is 10.2 Å². The second-order valence-electron chi connectivity index (χ2n) is 5.37. The topological polar surface area (TPSA) is 88.3 Å². The molecule has 1 aliphatic heterocycles. The number of aromatic nitrogens is 5. The summed E-state index contributed by atoms with van der Waals surface area (Å²) in [6.45, 7) is 0.131. The molecule has 1 amide bonds. The van der Waals surface area contributed by atoms with E-state index in [4.69, 9.17) is 0 Å². The molecule has 0 spiro atoms. The maximum absolute atomic E-state index is 13.9. The summed E-state index contributed by atoms with van der Waals surface area (Å²) in [5, 5.41) is 18.1. The molecule has 1 aliphatic rings. The summed E-state index contributed by atoms with van der Waals surface area (Å²) >= 11 is 0. The summed E-state index contributed by atoms with van der Waals surface area (Å²) < 4.78 is 29.0. The van der Waals surface area contributed by atoms with Gasteiger partial charge in [0.1, 0.15) is 23.1 Å². The second-order valence-corrected chi connectivity index (χ2v) is 5.37. The van der Waals surface area contributed by atoms with Gasteiger partial charge < -0.3 is 10.2 Å². The fraction of sp³-hybridized carbons (Fsp3) is 0.214. The van der Waals surface area contributed by atoms with Gasteiger partial charge in [0.05, 0.1) is 6.04 Å². The van der Waals surface area contributed by atoms with Gasteiger partial charge in [-0.15, -0.1) is 14.8 Å². The van der Waals surface area contributed by atoms with Crippen LogP contribution in [0.15, 0.2) is 30.3 Å². The summed E-state index contributed by atoms with van der Waals surface area (Å²) in [6, 6.07) is 6.51. The van der Waals surface area contributed by atoms with E-state index in [0.717, 1.165) is 17.0 Å². The molecule has 1 aromatic carbocycles. The fourth-order valence-corrected chi connectivity index (χ4v) is 2.70. The Balaban J connectivity index is 1.55. The van der Waals surface area contributed by atoms with Crippen molar-refractivity contribution in [2.24, 2.45) is 0 Å². The van der Waals surface area contributed by atoms with Crippen LogP contribution in [-0.4, -0.2) is 43.7 Å². The number of anilines is 2. The van der Waals surface area contributed by atoms with Gasteiger partial charge in [0.15, 0.2) is 5.65 Å². The van der Waals surface area contributed by atoms with Crippen LogP contribution in [0.25, 0.3) is 5.65 Å². The van der Waals surface area contributed by atoms with Crippen molar-refractivity contribution in [2.75, 3.05) is 16.8 Å². The zero-order valence-corrected chi connectivity index (χ0v) is 12.2. The van der Waals surface area contributed by atoms with E-state index in [0.29, 0.717) is 11.5 Å². The minimum absolute atomic E-state index is 0.100. The minimum Gasteiger partial charge on any atom is -0.364 e. The molecular weight excluding hydrogens is 320 g/mol. The summed E-state index contributed by atoms with van der Waals surface area (Å²) in [6.07, 6.45) is 0.100. The first kappa shape index (κ1) is 14.4. The lowest BCUT2D eigenvalue weighted by molar-refractivity contribution is -0.117. The predicted molar refractivity (Wildman–Crippen MR) is 79.3 cm³/mol. The number of carbonyl (C=O) groups is 1. The van der Waals surface area contributed by atoms with Crippen LogP contribution in [0.2, 0.25) is 0 Å². The smallest absolute Gasteiger partial charge is 0.229 e. The monoisotopic (exact) mass is 331 g/mol. The highest BCUT2D eigenvalue weighted by atomic mass is 19.1. The number of carbonyl (C=O) groups excluding carboxylic acids is 1. The van der Waals surface area contributed by atoms with Crippen molar-refractivity contribution in [1.29, 1.82) is 0 Å². The molecule has 1 N–H and O–H groups in total. The Morgan fingerprint density at radius 3 is 2.75 bits per heavy atom. The van der Waals surface area contributed by atoms with Crippen LogP contribution in [0.4, 0.5) is 20.3 Å². The van der Waals surface area contributed by atoms with E-state index in [2.05, 4.69) is 25.9 Å². The molecular formula is C14H11F2N7O. The molecule has 3 heterocycles. The fourth-order valence-electron chi connectivity index (χ4n) is 2.70. The molecule has 1 atom stereocenters. The third-order valence-corrected chi connectivity index (χ3v) is 3.75. The van der Waals surface area contributed by atoms with Gasteiger partial charge >= 0.3 is 0 Å². The van der Waals surface area contributed by atoms with Crippen LogP contribution in [0.3, 0.4) is 0 Å². The molecule has 1 unspecified atom stereocenters. The average molecular weight is 331 g/mol. The number of para-hydroxylation sites is 1. The van der Waals surface area contributed by atoms with E-state index in [1.165, 1.54) is 10.7 Å². The number of nitrogens with zero attached hydrogens (tertiary/aromatic N) is 6. The maximum atomic E-state index is 13.9. The molecule has 0 bridgehead atoms. The van der Waals surface area contributed by atoms with Gasteiger partial charge in [-0.2, -0.15) is 0 Å². The van der Waals surface area contributed by atoms with Crippen molar-refractivity contribution in [3.63, 3.8) is 0 Å². The van der Waals surface area contributed by atoms with Gasteiger partial charge in [-0.05, 0) is 34.7 Å². The molecule has 4 rings (SSSR count). The molecule has 24 heavy (non-hydrogen) atoms. The Morgan fingerprint density at radius 2 is 1.96 bits per heavy atom. The molecule has 0 radical (unpaired) electrons. The van der Waals surface area contributed by atoms with Crippen LogP contribution in [0, 0.1) is 11.6 Å². The van der Waals surface area contributed by atoms with Crippen molar-refractivity contribution < 1.29 is 13.6 Å². The Labute approximate surface area is 134 Å². The van der Waals surface area contributed by atoms with E-state index >= 15 is 0 Å². The number of amides is 1. The lowest BCUT2D eigenvalue weighted by Crippen LogP contribution is -2.29. The molecule has 0 aliphatic carbocycles. The summed E-state index contributed by atoms with van der Waals surface area (Å²) in [5.74, 6) is -1.43. The first-order chi connectivity index (χ1) is 11.6. The number of halogens is 2. The van der Waals surface area contributed by atoms with Crippen LogP contribution in [0.1, 0.15) is 6.42 Å². The zero-order valence-electron chi connectivity index (χ0n) is 12.2. The Kier molecular flexibility index (Phi) is 3.29. The summed E-state index contributed by atoms with van der Waals surface area (Å²) in [7, 11) is 0. The number of fused-ring (bicyclic) bond motifs is 1. The molecule has 10 heteroatoms. The van der Waals surface area contributed by atoms with E-state index < -0.39 is 11.6 Å². The SMILES string of the molecule is O=C1CC(Nc2ccc3nnnn3n2)CN1c1c(F)cccc1F. The number of benzene rings is 1. The van der Waals surface area contributed by atoms with Gasteiger partial charge in [-0.3, -0.25) is 4.79 Å². The Hall–Kier alpha value is -3.17. The predicted octanol–water partition coefficient (Wildman–Crippen LogP) is 1.01. The highest BCUT2D eigenvalue weighted by Gasteiger charge is 2.33. The second kappa shape index (κ2) is 5.48.